The van der Waals surface area contributed by atoms with Crippen LogP contribution in [0.25, 0.3) is 0 Å². The average Bonchev–Trinajstić information content (AvgIpc) is 2.42. The van der Waals surface area contributed by atoms with E-state index in [0.29, 0.717) is 0 Å². The Morgan fingerprint density at radius 1 is 0.895 bits per heavy atom. The van der Waals surface area contributed by atoms with E-state index in [0.717, 1.165) is 31.9 Å². The van der Waals surface area contributed by atoms with E-state index in [2.05, 4.69) is 83.3 Å². The number of nitrogens with zero attached hydrogens (tertiary/aromatic N) is 3. The summed E-state index contributed by atoms with van der Waals surface area (Å²) in [5, 5.41) is 0. The highest BCUT2D eigenvalue weighted by Gasteiger charge is 2.28. The van der Waals surface area contributed by atoms with Crippen molar-refractivity contribution >= 4 is 32.7 Å². The molecule has 0 spiro atoms. The summed E-state index contributed by atoms with van der Waals surface area (Å²) in [6, 6.07) is 10.4. The van der Waals surface area contributed by atoms with Crippen molar-refractivity contribution in [3.8, 4) is 0 Å². The quantitative estimate of drug-likeness (QED) is 0.457. The third-order valence-corrected chi connectivity index (χ3v) is 10.5. The van der Waals surface area contributed by atoms with E-state index < -0.39 is 5.00 Å². The SMILES string of the molecule is CCN(CC)P(I)(=Nc1ccccc1)N(CC)CC. The largest absolute Gasteiger partial charge is 0.250 e. The lowest BCUT2D eigenvalue weighted by Gasteiger charge is -2.38. The third-order valence-electron chi connectivity index (χ3n) is 3.18. The molecule has 0 N–H and O–H groups in total. The van der Waals surface area contributed by atoms with E-state index in [-0.39, 0.29) is 0 Å². The lowest BCUT2D eigenvalue weighted by molar-refractivity contribution is 0.429. The van der Waals surface area contributed by atoms with E-state index in [4.69, 9.17) is 4.74 Å². The molecule has 0 unspecified atom stereocenters. The molecule has 0 fully saturated rings. The Kier molecular flexibility index (Phi) is 7.58. The molecule has 0 atom stereocenters. The van der Waals surface area contributed by atoms with Crippen LogP contribution < -0.4 is 0 Å². The van der Waals surface area contributed by atoms with Crippen LogP contribution in [0.5, 0.6) is 0 Å². The maximum atomic E-state index is 5.12. The summed E-state index contributed by atoms with van der Waals surface area (Å²) >= 11 is 2.60. The number of hydrogen-bond acceptors (Lipinski definition) is 1. The van der Waals surface area contributed by atoms with Crippen molar-refractivity contribution in [2.45, 2.75) is 27.7 Å². The van der Waals surface area contributed by atoms with Gasteiger partial charge in [-0.15, -0.1) is 0 Å². The number of benzene rings is 1. The first-order valence-electron chi connectivity index (χ1n) is 7.00. The second-order valence-corrected chi connectivity index (χ2v) is 10.4. The number of rotatable bonds is 7. The summed E-state index contributed by atoms with van der Waals surface area (Å²) in [5.41, 5.74) is 1.09. The summed E-state index contributed by atoms with van der Waals surface area (Å²) in [4.78, 5) is -1.65. The van der Waals surface area contributed by atoms with E-state index in [1.54, 1.807) is 0 Å². The van der Waals surface area contributed by atoms with Crippen LogP contribution in [0.4, 0.5) is 5.69 Å². The minimum Gasteiger partial charge on any atom is -0.250 e. The Morgan fingerprint density at radius 2 is 1.32 bits per heavy atom. The van der Waals surface area contributed by atoms with Gasteiger partial charge in [0.1, 0.15) is 0 Å². The molecule has 3 nitrogen and oxygen atoms in total. The molecule has 0 radical (unpaired) electrons. The molecule has 0 aliphatic heterocycles. The van der Waals surface area contributed by atoms with Crippen molar-refractivity contribution < 1.29 is 0 Å². The highest BCUT2D eigenvalue weighted by Crippen LogP contribution is 2.65. The van der Waals surface area contributed by atoms with Crippen molar-refractivity contribution in [1.82, 2.24) is 9.34 Å². The van der Waals surface area contributed by atoms with Gasteiger partial charge in [0.05, 0.1) is 5.69 Å². The van der Waals surface area contributed by atoms with Gasteiger partial charge in [-0.3, -0.25) is 9.34 Å². The maximum Gasteiger partial charge on any atom is 0.162 e. The van der Waals surface area contributed by atoms with Crippen LogP contribution >= 0.6 is 27.0 Å². The molecule has 0 bridgehead atoms. The molecule has 0 aliphatic rings. The van der Waals surface area contributed by atoms with Gasteiger partial charge in [0.2, 0.25) is 0 Å². The molecule has 0 saturated heterocycles. The van der Waals surface area contributed by atoms with E-state index in [9.17, 15) is 0 Å². The Bertz CT molecular complexity index is 398. The van der Waals surface area contributed by atoms with Gasteiger partial charge in [-0.2, -0.15) is 0 Å². The fraction of sp³-hybridized carbons (Fsp3) is 0.571. The monoisotopic (exact) mass is 393 g/mol. The molecule has 0 amide bonds. The van der Waals surface area contributed by atoms with Crippen LogP contribution in [0.3, 0.4) is 0 Å². The minimum absolute atomic E-state index is 1.04. The van der Waals surface area contributed by atoms with Crippen molar-refractivity contribution in [1.29, 1.82) is 0 Å². The highest BCUT2D eigenvalue weighted by atomic mass is 127. The van der Waals surface area contributed by atoms with Gasteiger partial charge >= 0.3 is 0 Å². The molecule has 19 heavy (non-hydrogen) atoms. The second-order valence-electron chi connectivity index (χ2n) is 4.21. The number of halogens is 1. The number of hydrogen-bond donors (Lipinski definition) is 0. The Hall–Kier alpha value is 0.100. The molecule has 0 saturated carbocycles. The first-order valence-corrected chi connectivity index (χ1v) is 11.4. The lowest BCUT2D eigenvalue weighted by Crippen LogP contribution is -2.29. The van der Waals surface area contributed by atoms with E-state index in [1.165, 1.54) is 0 Å². The van der Waals surface area contributed by atoms with E-state index >= 15 is 0 Å². The zero-order valence-corrected chi connectivity index (χ0v) is 15.4. The van der Waals surface area contributed by atoms with Crippen LogP contribution in [0, 0.1) is 0 Å². The molecule has 108 valence electrons. The highest BCUT2D eigenvalue weighted by molar-refractivity contribution is 14.2. The van der Waals surface area contributed by atoms with Crippen LogP contribution in [0.15, 0.2) is 35.1 Å². The smallest absolute Gasteiger partial charge is 0.162 e. The summed E-state index contributed by atoms with van der Waals surface area (Å²) < 4.78 is 10.1. The Morgan fingerprint density at radius 3 is 1.68 bits per heavy atom. The van der Waals surface area contributed by atoms with Crippen molar-refractivity contribution in [3.05, 3.63) is 30.3 Å². The van der Waals surface area contributed by atoms with Crippen molar-refractivity contribution in [2.75, 3.05) is 26.2 Å². The standard InChI is InChI=1S/C14H25IN3P/c1-5-17(6-2)19(15,18(7-3)8-4)16-14-12-10-9-11-13-14/h9-13H,5-8H2,1-4H3. The third kappa shape index (κ3) is 4.28. The molecular weight excluding hydrogens is 368 g/mol. The van der Waals surface area contributed by atoms with Gasteiger partial charge in [0.25, 0.3) is 0 Å². The molecule has 5 heteroatoms. The predicted molar refractivity (Wildman–Crippen MR) is 95.3 cm³/mol. The van der Waals surface area contributed by atoms with Gasteiger partial charge in [-0.1, -0.05) is 45.9 Å². The van der Waals surface area contributed by atoms with Crippen molar-refractivity contribution in [2.24, 2.45) is 4.74 Å². The molecular formula is C14H25IN3P. The van der Waals surface area contributed by atoms with Gasteiger partial charge in [-0.05, 0) is 12.1 Å². The Balaban J connectivity index is 3.29. The molecule has 0 heterocycles. The normalized spacial score (nSPS) is 12.2. The van der Waals surface area contributed by atoms with Gasteiger partial charge in [-0.25, -0.2) is 4.74 Å². The maximum absolute atomic E-state index is 5.12. The zero-order valence-electron chi connectivity index (χ0n) is 12.4. The first kappa shape index (κ1) is 17.2. The second kappa shape index (κ2) is 8.40. The van der Waals surface area contributed by atoms with Crippen LogP contribution in [0.1, 0.15) is 27.7 Å². The summed E-state index contributed by atoms with van der Waals surface area (Å²) in [6.07, 6.45) is 0. The van der Waals surface area contributed by atoms with Gasteiger partial charge < -0.3 is 0 Å². The predicted octanol–water partition coefficient (Wildman–Crippen LogP) is 5.38. The lowest BCUT2D eigenvalue weighted by atomic mass is 10.3. The van der Waals surface area contributed by atoms with Crippen molar-refractivity contribution in [3.63, 3.8) is 0 Å². The first-order chi connectivity index (χ1) is 9.12. The molecule has 0 aliphatic carbocycles. The Labute approximate surface area is 131 Å². The minimum atomic E-state index is -1.65. The van der Waals surface area contributed by atoms with Crippen LogP contribution in [0.2, 0.25) is 0 Å². The molecule has 1 aromatic carbocycles. The average molecular weight is 393 g/mol. The zero-order chi connectivity index (χ0) is 14.3. The van der Waals surface area contributed by atoms with Gasteiger partial charge in [0, 0.05) is 48.2 Å². The molecule has 0 aromatic heterocycles. The summed E-state index contributed by atoms with van der Waals surface area (Å²) in [5.74, 6) is 0. The van der Waals surface area contributed by atoms with Gasteiger partial charge in [0.15, 0.2) is 5.00 Å². The fourth-order valence-corrected chi connectivity index (χ4v) is 9.00. The van der Waals surface area contributed by atoms with E-state index in [1.807, 2.05) is 6.07 Å². The van der Waals surface area contributed by atoms with Crippen LogP contribution in [-0.2, 0) is 0 Å². The molecule has 1 aromatic rings. The topological polar surface area (TPSA) is 18.8 Å². The summed E-state index contributed by atoms with van der Waals surface area (Å²) in [6.45, 7) is 13.1. The fourth-order valence-electron chi connectivity index (χ4n) is 2.11. The summed E-state index contributed by atoms with van der Waals surface area (Å²) in [7, 11) is 0. The van der Waals surface area contributed by atoms with Crippen LogP contribution in [-0.4, -0.2) is 35.5 Å². The molecule has 1 rings (SSSR count).